The maximum absolute atomic E-state index is 6.03. The fourth-order valence-corrected chi connectivity index (χ4v) is 2.68. The van der Waals surface area contributed by atoms with Gasteiger partial charge in [0.1, 0.15) is 5.75 Å². The molecule has 3 nitrogen and oxygen atoms in total. The molecule has 0 amide bonds. The summed E-state index contributed by atoms with van der Waals surface area (Å²) in [5.41, 5.74) is 1.04. The summed E-state index contributed by atoms with van der Waals surface area (Å²) in [6.07, 6.45) is 3.09. The summed E-state index contributed by atoms with van der Waals surface area (Å²) in [6.45, 7) is 5.17. The van der Waals surface area contributed by atoms with Crippen LogP contribution in [-0.2, 0) is 4.74 Å². The summed E-state index contributed by atoms with van der Waals surface area (Å²) < 4.78 is 11.1. The Hall–Kier alpha value is -0.930. The number of benzene rings is 1. The summed E-state index contributed by atoms with van der Waals surface area (Å²) in [4.78, 5) is 0. The van der Waals surface area contributed by atoms with E-state index in [1.807, 2.05) is 18.2 Å². The lowest BCUT2D eigenvalue weighted by Crippen LogP contribution is -2.41. The van der Waals surface area contributed by atoms with E-state index in [9.17, 15) is 0 Å². The smallest absolute Gasteiger partial charge is 0.139 e. The molecule has 1 saturated heterocycles. The Kier molecular flexibility index (Phi) is 4.58. The van der Waals surface area contributed by atoms with Crippen molar-refractivity contribution in [3.63, 3.8) is 0 Å². The molecule has 1 aromatic carbocycles. The number of rotatable bonds is 4. The fraction of sp³-hybridized carbons (Fsp3) is 0.600. The van der Waals surface area contributed by atoms with Crippen LogP contribution in [0.4, 0.5) is 5.69 Å². The molecule has 1 heterocycles. The molecular formula is C15H22ClNO2. The fourth-order valence-electron chi connectivity index (χ4n) is 2.48. The Morgan fingerprint density at radius 3 is 3.00 bits per heavy atom. The molecule has 1 aliphatic heterocycles. The van der Waals surface area contributed by atoms with Crippen molar-refractivity contribution in [3.8, 4) is 5.75 Å². The van der Waals surface area contributed by atoms with Gasteiger partial charge in [-0.2, -0.15) is 0 Å². The van der Waals surface area contributed by atoms with Crippen molar-refractivity contribution < 1.29 is 9.47 Å². The number of ether oxygens (including phenoxy) is 2. The average Bonchev–Trinajstić information content (AvgIpc) is 2.41. The SMILES string of the molecule is CCC1(C)CC(Nc2ccc(Cl)c(OC)c2)CCO1. The molecule has 1 fully saturated rings. The van der Waals surface area contributed by atoms with Gasteiger partial charge in [0, 0.05) is 24.4 Å². The number of hydrogen-bond donors (Lipinski definition) is 1. The van der Waals surface area contributed by atoms with Gasteiger partial charge in [-0.05, 0) is 38.3 Å². The Labute approximate surface area is 120 Å². The van der Waals surface area contributed by atoms with E-state index in [0.717, 1.165) is 31.6 Å². The van der Waals surface area contributed by atoms with E-state index in [-0.39, 0.29) is 5.60 Å². The quantitative estimate of drug-likeness (QED) is 0.902. The van der Waals surface area contributed by atoms with Gasteiger partial charge in [0.15, 0.2) is 0 Å². The van der Waals surface area contributed by atoms with E-state index in [0.29, 0.717) is 16.8 Å². The van der Waals surface area contributed by atoms with Crippen LogP contribution in [0.3, 0.4) is 0 Å². The van der Waals surface area contributed by atoms with Gasteiger partial charge in [-0.1, -0.05) is 18.5 Å². The van der Waals surface area contributed by atoms with Gasteiger partial charge >= 0.3 is 0 Å². The Bertz CT molecular complexity index is 438. The van der Waals surface area contributed by atoms with Gasteiger partial charge in [0.2, 0.25) is 0 Å². The summed E-state index contributed by atoms with van der Waals surface area (Å²) >= 11 is 6.03. The number of anilines is 1. The van der Waals surface area contributed by atoms with Gasteiger partial charge in [0.05, 0.1) is 17.7 Å². The summed E-state index contributed by atoms with van der Waals surface area (Å²) in [7, 11) is 1.63. The first-order valence-electron chi connectivity index (χ1n) is 6.80. The number of nitrogens with one attached hydrogen (secondary N) is 1. The number of hydrogen-bond acceptors (Lipinski definition) is 3. The molecule has 2 unspecified atom stereocenters. The molecule has 19 heavy (non-hydrogen) atoms. The second-order valence-corrected chi connectivity index (χ2v) is 5.74. The first-order chi connectivity index (χ1) is 9.06. The standard InChI is InChI=1S/C15H22ClNO2/c1-4-15(2)10-12(7-8-19-15)17-11-5-6-13(16)14(9-11)18-3/h5-6,9,12,17H,4,7-8,10H2,1-3H3. The van der Waals surface area contributed by atoms with Crippen LogP contribution in [0.15, 0.2) is 18.2 Å². The van der Waals surface area contributed by atoms with Crippen molar-refractivity contribution in [2.45, 2.75) is 44.8 Å². The molecule has 0 aliphatic carbocycles. The average molecular weight is 284 g/mol. The van der Waals surface area contributed by atoms with Gasteiger partial charge in [0.25, 0.3) is 0 Å². The highest BCUT2D eigenvalue weighted by molar-refractivity contribution is 6.32. The molecule has 4 heteroatoms. The molecule has 0 bridgehead atoms. The van der Waals surface area contributed by atoms with Crippen molar-refractivity contribution in [2.24, 2.45) is 0 Å². The largest absolute Gasteiger partial charge is 0.495 e. The molecule has 0 saturated carbocycles. The summed E-state index contributed by atoms with van der Waals surface area (Å²) in [5.74, 6) is 0.706. The highest BCUT2D eigenvalue weighted by Gasteiger charge is 2.31. The topological polar surface area (TPSA) is 30.5 Å². The van der Waals surface area contributed by atoms with Crippen LogP contribution in [0, 0.1) is 0 Å². The highest BCUT2D eigenvalue weighted by atomic mass is 35.5. The van der Waals surface area contributed by atoms with Crippen LogP contribution >= 0.6 is 11.6 Å². The molecule has 0 spiro atoms. The van der Waals surface area contributed by atoms with Crippen LogP contribution < -0.4 is 10.1 Å². The van der Waals surface area contributed by atoms with Crippen molar-refractivity contribution in [3.05, 3.63) is 23.2 Å². The van der Waals surface area contributed by atoms with E-state index in [1.54, 1.807) is 7.11 Å². The first kappa shape index (κ1) is 14.5. The van der Waals surface area contributed by atoms with E-state index in [1.165, 1.54) is 0 Å². The first-order valence-corrected chi connectivity index (χ1v) is 7.18. The molecule has 2 atom stereocenters. The minimum atomic E-state index is -0.00751. The van der Waals surface area contributed by atoms with E-state index < -0.39 is 0 Å². The maximum atomic E-state index is 6.03. The monoisotopic (exact) mass is 283 g/mol. The third-order valence-corrected chi connectivity index (χ3v) is 4.18. The van der Waals surface area contributed by atoms with E-state index in [2.05, 4.69) is 19.2 Å². The predicted octanol–water partition coefficient (Wildman–Crippen LogP) is 4.11. The lowest BCUT2D eigenvalue weighted by Gasteiger charge is -2.38. The third kappa shape index (κ3) is 3.54. The Balaban J connectivity index is 2.04. The second kappa shape index (κ2) is 6.02. The molecule has 0 radical (unpaired) electrons. The molecule has 106 valence electrons. The molecule has 1 N–H and O–H groups in total. The minimum absolute atomic E-state index is 0.00751. The molecule has 0 aromatic heterocycles. The lowest BCUT2D eigenvalue weighted by molar-refractivity contribution is -0.0708. The Morgan fingerprint density at radius 1 is 1.53 bits per heavy atom. The third-order valence-electron chi connectivity index (χ3n) is 3.86. The lowest BCUT2D eigenvalue weighted by atomic mass is 9.90. The molecule has 1 aliphatic rings. The molecule has 1 aromatic rings. The maximum Gasteiger partial charge on any atom is 0.139 e. The van der Waals surface area contributed by atoms with Crippen LogP contribution in [0.1, 0.15) is 33.1 Å². The number of methoxy groups -OCH3 is 1. The van der Waals surface area contributed by atoms with Gasteiger partial charge in [-0.25, -0.2) is 0 Å². The van der Waals surface area contributed by atoms with Gasteiger partial charge < -0.3 is 14.8 Å². The van der Waals surface area contributed by atoms with Crippen LogP contribution in [0.2, 0.25) is 5.02 Å². The number of halogens is 1. The normalized spacial score (nSPS) is 27.1. The predicted molar refractivity (Wildman–Crippen MR) is 79.3 cm³/mol. The molecular weight excluding hydrogens is 262 g/mol. The van der Waals surface area contributed by atoms with Crippen molar-refractivity contribution in [1.82, 2.24) is 0 Å². The van der Waals surface area contributed by atoms with Crippen LogP contribution in [0.5, 0.6) is 5.75 Å². The summed E-state index contributed by atoms with van der Waals surface area (Å²) in [5, 5.41) is 4.19. The summed E-state index contributed by atoms with van der Waals surface area (Å²) in [6, 6.07) is 6.23. The zero-order valence-electron chi connectivity index (χ0n) is 11.8. The van der Waals surface area contributed by atoms with Crippen molar-refractivity contribution >= 4 is 17.3 Å². The van der Waals surface area contributed by atoms with Gasteiger partial charge in [-0.15, -0.1) is 0 Å². The van der Waals surface area contributed by atoms with Gasteiger partial charge in [-0.3, -0.25) is 0 Å². The van der Waals surface area contributed by atoms with E-state index in [4.69, 9.17) is 21.1 Å². The van der Waals surface area contributed by atoms with Crippen molar-refractivity contribution in [1.29, 1.82) is 0 Å². The van der Waals surface area contributed by atoms with Crippen molar-refractivity contribution in [2.75, 3.05) is 19.0 Å². The van der Waals surface area contributed by atoms with Crippen LogP contribution in [0.25, 0.3) is 0 Å². The molecule has 2 rings (SSSR count). The van der Waals surface area contributed by atoms with Crippen LogP contribution in [-0.4, -0.2) is 25.4 Å². The minimum Gasteiger partial charge on any atom is -0.495 e. The second-order valence-electron chi connectivity index (χ2n) is 5.34. The zero-order valence-corrected chi connectivity index (χ0v) is 12.6. The zero-order chi connectivity index (χ0) is 13.9. The highest BCUT2D eigenvalue weighted by Crippen LogP contribution is 2.32. The van der Waals surface area contributed by atoms with E-state index >= 15 is 0 Å². The Morgan fingerprint density at radius 2 is 2.32 bits per heavy atom.